The highest BCUT2D eigenvalue weighted by atomic mass is 19.4. The standard InChI is InChI=1S/C29H25F6N3O3/c1-16(28(30,31)32)17-5-2-7-19(13-17)27(10-11-27)26-36-22-9-4-12-38(15-21(22)24(40)37-26)25(41)23(39)18-6-3-8-20(14-18)29(33,34)35/h2-3,5-8,13-14,23,39H,1,4,9-12,15H2,(H,36,37,40). The van der Waals surface area contributed by atoms with Gasteiger partial charge in [0.15, 0.2) is 6.10 Å². The average Bonchev–Trinajstić information content (AvgIpc) is 3.76. The van der Waals surface area contributed by atoms with Crippen LogP contribution >= 0.6 is 0 Å². The number of hydrogen-bond donors (Lipinski definition) is 2. The number of hydrogen-bond acceptors (Lipinski definition) is 4. The molecule has 6 nitrogen and oxygen atoms in total. The molecule has 41 heavy (non-hydrogen) atoms. The molecular formula is C29H25F6N3O3. The number of aromatic amines is 1. The molecule has 5 rings (SSSR count). The molecule has 1 saturated carbocycles. The van der Waals surface area contributed by atoms with Crippen molar-refractivity contribution < 1.29 is 36.2 Å². The van der Waals surface area contributed by atoms with E-state index < -0.39 is 46.5 Å². The Morgan fingerprint density at radius 3 is 2.44 bits per heavy atom. The van der Waals surface area contributed by atoms with Crippen LogP contribution in [0.1, 0.15) is 64.7 Å². The largest absolute Gasteiger partial charge is 0.416 e. The van der Waals surface area contributed by atoms with Crippen LogP contribution in [0.25, 0.3) is 5.57 Å². The lowest BCUT2D eigenvalue weighted by molar-refractivity contribution is -0.142. The fraction of sp³-hybridized carbons (Fsp3) is 0.345. The molecule has 1 fully saturated rings. The van der Waals surface area contributed by atoms with Gasteiger partial charge in [0.05, 0.1) is 34.4 Å². The van der Waals surface area contributed by atoms with Gasteiger partial charge in [0, 0.05) is 6.54 Å². The third-order valence-corrected chi connectivity index (χ3v) is 7.68. The van der Waals surface area contributed by atoms with Crippen LogP contribution in [0.5, 0.6) is 0 Å². The molecule has 0 radical (unpaired) electrons. The van der Waals surface area contributed by atoms with Gasteiger partial charge in [-0.3, -0.25) is 9.59 Å². The maximum atomic E-state index is 13.2. The lowest BCUT2D eigenvalue weighted by Gasteiger charge is -2.24. The molecular weight excluding hydrogens is 552 g/mol. The number of nitrogens with one attached hydrogen (secondary N) is 1. The van der Waals surface area contributed by atoms with Gasteiger partial charge in [0.25, 0.3) is 11.5 Å². The van der Waals surface area contributed by atoms with Crippen molar-refractivity contribution in [3.63, 3.8) is 0 Å². The van der Waals surface area contributed by atoms with Gasteiger partial charge >= 0.3 is 12.4 Å². The Balaban J connectivity index is 1.41. The van der Waals surface area contributed by atoms with E-state index in [0.29, 0.717) is 48.8 Å². The first-order valence-electron chi connectivity index (χ1n) is 12.8. The van der Waals surface area contributed by atoms with Crippen LogP contribution in [-0.2, 0) is 29.4 Å². The van der Waals surface area contributed by atoms with Gasteiger partial charge in [0.1, 0.15) is 5.82 Å². The number of nitrogens with zero attached hydrogens (tertiary/aromatic N) is 2. The zero-order chi connectivity index (χ0) is 29.7. The molecule has 0 spiro atoms. The summed E-state index contributed by atoms with van der Waals surface area (Å²) in [5, 5.41) is 10.6. The lowest BCUT2D eigenvalue weighted by atomic mass is 9.91. The predicted molar refractivity (Wildman–Crippen MR) is 137 cm³/mol. The van der Waals surface area contributed by atoms with Gasteiger partial charge in [0.2, 0.25) is 0 Å². The van der Waals surface area contributed by atoms with Gasteiger partial charge in [-0.2, -0.15) is 26.3 Å². The number of amides is 1. The molecule has 12 heteroatoms. The molecule has 1 unspecified atom stereocenters. The van der Waals surface area contributed by atoms with Crippen molar-refractivity contribution in [3.8, 4) is 0 Å². The number of carbonyl (C=O) groups excluding carboxylic acids is 1. The zero-order valence-corrected chi connectivity index (χ0v) is 21.6. The summed E-state index contributed by atoms with van der Waals surface area (Å²) in [6.07, 6.45) is -9.30. The molecule has 1 amide bonds. The number of allylic oxidation sites excluding steroid dienone is 1. The summed E-state index contributed by atoms with van der Waals surface area (Å²) < 4.78 is 79.0. The second kappa shape index (κ2) is 10.2. The molecule has 2 aliphatic rings. The third-order valence-electron chi connectivity index (χ3n) is 7.68. The second-order valence-corrected chi connectivity index (χ2v) is 10.4. The molecule has 2 heterocycles. The van der Waals surface area contributed by atoms with Crippen LogP contribution in [0, 0.1) is 0 Å². The maximum Gasteiger partial charge on any atom is 0.416 e. The van der Waals surface area contributed by atoms with Gasteiger partial charge in [-0.1, -0.05) is 43.0 Å². The van der Waals surface area contributed by atoms with E-state index in [4.69, 9.17) is 0 Å². The molecule has 2 aromatic carbocycles. The molecule has 1 aliphatic carbocycles. The van der Waals surface area contributed by atoms with Crippen molar-refractivity contribution in [1.29, 1.82) is 0 Å². The van der Waals surface area contributed by atoms with E-state index in [1.165, 1.54) is 29.2 Å². The van der Waals surface area contributed by atoms with Crippen molar-refractivity contribution in [1.82, 2.24) is 14.9 Å². The molecule has 2 N–H and O–H groups in total. The highest BCUT2D eigenvalue weighted by molar-refractivity contribution is 5.82. The monoisotopic (exact) mass is 577 g/mol. The number of rotatable bonds is 5. The molecule has 3 aromatic rings. The Hall–Kier alpha value is -3.93. The van der Waals surface area contributed by atoms with Crippen molar-refractivity contribution in [3.05, 3.63) is 105 Å². The number of alkyl halides is 6. The Morgan fingerprint density at radius 2 is 1.78 bits per heavy atom. The van der Waals surface area contributed by atoms with Crippen LogP contribution < -0.4 is 5.56 Å². The fourth-order valence-electron chi connectivity index (χ4n) is 5.19. The first kappa shape index (κ1) is 28.6. The minimum Gasteiger partial charge on any atom is -0.378 e. The molecule has 216 valence electrons. The molecule has 0 bridgehead atoms. The summed E-state index contributed by atoms with van der Waals surface area (Å²) in [5.41, 5.74) is -2.39. The molecule has 0 saturated heterocycles. The topological polar surface area (TPSA) is 86.3 Å². The van der Waals surface area contributed by atoms with E-state index in [1.807, 2.05) is 0 Å². The molecule has 1 aliphatic heterocycles. The number of aromatic nitrogens is 2. The van der Waals surface area contributed by atoms with Gasteiger partial charge in [-0.05, 0) is 54.5 Å². The summed E-state index contributed by atoms with van der Waals surface area (Å²) in [6, 6.07) is 9.78. The normalized spacial score (nSPS) is 17.4. The molecule has 1 atom stereocenters. The number of carbonyl (C=O) groups is 1. The lowest BCUT2D eigenvalue weighted by Crippen LogP contribution is -2.36. The van der Waals surface area contributed by atoms with Crippen LogP contribution in [0.2, 0.25) is 0 Å². The van der Waals surface area contributed by atoms with Crippen molar-refractivity contribution >= 4 is 11.5 Å². The SMILES string of the molecule is C=C(c1cccc(C2(c3nc4c(c(=O)[nH]3)CN(C(=O)C(O)c3cccc(C(F)(F)F)c3)CCC4)CC2)c1)C(F)(F)F. The summed E-state index contributed by atoms with van der Waals surface area (Å²) in [5.74, 6) is -0.527. The number of benzene rings is 2. The Labute approximate surface area is 230 Å². The fourth-order valence-corrected chi connectivity index (χ4v) is 5.19. The number of fused-ring (bicyclic) bond motifs is 1. The highest BCUT2D eigenvalue weighted by Gasteiger charge is 2.49. The average molecular weight is 578 g/mol. The Kier molecular flexibility index (Phi) is 7.09. The highest BCUT2D eigenvalue weighted by Crippen LogP contribution is 2.52. The number of H-pyrrole nitrogens is 1. The number of aliphatic hydroxyl groups is 1. The minimum absolute atomic E-state index is 0.0770. The third kappa shape index (κ3) is 5.52. The summed E-state index contributed by atoms with van der Waals surface area (Å²) >= 11 is 0. The number of halogens is 6. The van der Waals surface area contributed by atoms with Gasteiger partial charge in [-0.25, -0.2) is 4.98 Å². The second-order valence-electron chi connectivity index (χ2n) is 10.4. The van der Waals surface area contributed by atoms with E-state index in [-0.39, 0.29) is 29.8 Å². The van der Waals surface area contributed by atoms with Gasteiger partial charge < -0.3 is 15.0 Å². The number of aryl methyl sites for hydroxylation is 1. The van der Waals surface area contributed by atoms with E-state index in [9.17, 15) is 41.0 Å². The maximum absolute atomic E-state index is 13.2. The van der Waals surface area contributed by atoms with Gasteiger partial charge in [-0.15, -0.1) is 0 Å². The smallest absolute Gasteiger partial charge is 0.378 e. The van der Waals surface area contributed by atoms with E-state index in [0.717, 1.165) is 12.1 Å². The predicted octanol–water partition coefficient (Wildman–Crippen LogP) is 5.45. The van der Waals surface area contributed by atoms with Crippen molar-refractivity contribution in [2.45, 2.75) is 56.1 Å². The van der Waals surface area contributed by atoms with Crippen LogP contribution in [-0.4, -0.2) is 38.6 Å². The quantitative estimate of drug-likeness (QED) is 0.395. The summed E-state index contributed by atoms with van der Waals surface area (Å²) in [4.78, 5) is 35.0. The van der Waals surface area contributed by atoms with E-state index in [2.05, 4.69) is 16.5 Å². The van der Waals surface area contributed by atoms with E-state index in [1.54, 1.807) is 6.07 Å². The Bertz CT molecular complexity index is 1570. The van der Waals surface area contributed by atoms with Crippen molar-refractivity contribution in [2.75, 3.05) is 6.54 Å². The summed E-state index contributed by atoms with van der Waals surface area (Å²) in [6.45, 7) is 3.09. The van der Waals surface area contributed by atoms with Crippen molar-refractivity contribution in [2.24, 2.45) is 0 Å². The molecule has 1 aromatic heterocycles. The zero-order valence-electron chi connectivity index (χ0n) is 21.6. The number of aliphatic hydroxyl groups excluding tert-OH is 1. The first-order valence-corrected chi connectivity index (χ1v) is 12.8. The van der Waals surface area contributed by atoms with Crippen LogP contribution in [0.3, 0.4) is 0 Å². The first-order chi connectivity index (χ1) is 19.2. The van der Waals surface area contributed by atoms with Crippen LogP contribution in [0.4, 0.5) is 26.3 Å². The Morgan fingerprint density at radius 1 is 1.07 bits per heavy atom. The van der Waals surface area contributed by atoms with E-state index >= 15 is 0 Å². The van der Waals surface area contributed by atoms with Crippen LogP contribution in [0.15, 0.2) is 59.9 Å². The minimum atomic E-state index is -4.65. The summed E-state index contributed by atoms with van der Waals surface area (Å²) in [7, 11) is 0.